The normalized spacial score (nSPS) is 45.1. The lowest BCUT2D eigenvalue weighted by atomic mass is 9.65. The van der Waals surface area contributed by atoms with Gasteiger partial charge < -0.3 is 54.7 Å². The molecule has 3 aliphatic rings. The van der Waals surface area contributed by atoms with Gasteiger partial charge in [-0.3, -0.25) is 4.79 Å². The lowest BCUT2D eigenvalue weighted by Crippen LogP contribution is -2.61. The molecule has 0 unspecified atom stereocenters. The smallest absolute Gasteiger partial charge is 0.186 e. The highest BCUT2D eigenvalue weighted by Gasteiger charge is 2.50. The summed E-state index contributed by atoms with van der Waals surface area (Å²) in [6, 6.07) is 0. The van der Waals surface area contributed by atoms with Crippen molar-refractivity contribution in [1.29, 1.82) is 0 Å². The van der Waals surface area contributed by atoms with Gasteiger partial charge in [0.25, 0.3) is 0 Å². The molecule has 36 heavy (non-hydrogen) atoms. The summed E-state index contributed by atoms with van der Waals surface area (Å²) in [5.74, 6) is -0.205. The van der Waals surface area contributed by atoms with E-state index in [4.69, 9.17) is 18.9 Å². The van der Waals surface area contributed by atoms with Crippen molar-refractivity contribution in [3.8, 4) is 0 Å². The summed E-state index contributed by atoms with van der Waals surface area (Å²) in [4.78, 5) is 11.4. The minimum atomic E-state index is -1.65. The molecule has 12 nitrogen and oxygen atoms in total. The molecule has 0 aromatic carbocycles. The molecule has 206 valence electrons. The molecule has 3 rings (SSSR count). The number of aliphatic hydroxyl groups excluding tert-OH is 6. The molecule has 12 heteroatoms. The van der Waals surface area contributed by atoms with Crippen molar-refractivity contribution in [3.63, 3.8) is 0 Å². The Morgan fingerprint density at radius 2 is 1.64 bits per heavy atom. The average Bonchev–Trinajstić information content (AvgIpc) is 2.76. The van der Waals surface area contributed by atoms with Crippen molar-refractivity contribution >= 4 is 5.78 Å². The molecular weight excluding hydrogens is 480 g/mol. The van der Waals surface area contributed by atoms with E-state index in [1.165, 1.54) is 13.0 Å². The minimum Gasteiger partial charge on any atom is -0.388 e. The lowest BCUT2D eigenvalue weighted by Gasteiger charge is -2.47. The predicted molar refractivity (Wildman–Crippen MR) is 121 cm³/mol. The second-order valence-corrected chi connectivity index (χ2v) is 10.7. The number of ketones is 1. The van der Waals surface area contributed by atoms with Crippen molar-refractivity contribution in [2.24, 2.45) is 5.41 Å². The van der Waals surface area contributed by atoms with Crippen LogP contribution in [0.15, 0.2) is 17.4 Å². The fraction of sp³-hybridized carbons (Fsp3) is 0.833. The molecule has 1 aliphatic carbocycles. The summed E-state index contributed by atoms with van der Waals surface area (Å²) in [6.07, 6.45) is -11.9. The van der Waals surface area contributed by atoms with Crippen LogP contribution < -0.4 is 0 Å². The molecule has 0 amide bonds. The second-order valence-electron chi connectivity index (χ2n) is 10.7. The van der Waals surface area contributed by atoms with Crippen LogP contribution in [0.25, 0.3) is 0 Å². The van der Waals surface area contributed by atoms with E-state index in [9.17, 15) is 40.5 Å². The highest BCUT2D eigenvalue weighted by Crippen LogP contribution is 2.46. The monoisotopic (exact) mass is 518 g/mol. The van der Waals surface area contributed by atoms with Gasteiger partial charge in [-0.25, -0.2) is 0 Å². The van der Waals surface area contributed by atoms with E-state index in [-0.39, 0.29) is 18.8 Å². The summed E-state index contributed by atoms with van der Waals surface area (Å²) in [7, 11) is 0. The highest BCUT2D eigenvalue weighted by molar-refractivity contribution is 5.87. The van der Waals surface area contributed by atoms with Gasteiger partial charge in [-0.15, -0.1) is 5.73 Å². The van der Waals surface area contributed by atoms with Gasteiger partial charge in [-0.05, 0) is 25.7 Å². The summed E-state index contributed by atoms with van der Waals surface area (Å²) in [5.41, 5.74) is 1.45. The SMILES string of the molecule is CC(=O)C=C=C1C(C)(C)C[C@H](O[C@@H]2O[C@H](CO[C@@H]3OC[C@@H](O)[C@H](O)[C@H]3O)[C@@H](O)[C@H](O)[C@H]2O)C[C@@]1(C)O. The Hall–Kier alpha value is -1.25. The van der Waals surface area contributed by atoms with Gasteiger partial charge >= 0.3 is 0 Å². The van der Waals surface area contributed by atoms with Gasteiger partial charge in [0, 0.05) is 18.1 Å². The third-order valence-corrected chi connectivity index (χ3v) is 6.87. The van der Waals surface area contributed by atoms with Gasteiger partial charge in [0.1, 0.15) is 42.7 Å². The van der Waals surface area contributed by atoms with Crippen LogP contribution in [0.4, 0.5) is 0 Å². The van der Waals surface area contributed by atoms with Crippen LogP contribution in [-0.4, -0.2) is 122 Å². The first-order chi connectivity index (χ1) is 16.6. The van der Waals surface area contributed by atoms with E-state index in [1.807, 2.05) is 13.8 Å². The second kappa shape index (κ2) is 11.2. The van der Waals surface area contributed by atoms with Crippen molar-refractivity contribution in [2.45, 2.75) is 108 Å². The Balaban J connectivity index is 1.68. The largest absolute Gasteiger partial charge is 0.388 e. The Labute approximate surface area is 209 Å². The molecular formula is C24H38O12. The Kier molecular flexibility index (Phi) is 9.15. The quantitative estimate of drug-likeness (QED) is 0.149. The first-order valence-electron chi connectivity index (χ1n) is 12.0. The fourth-order valence-electron chi connectivity index (χ4n) is 5.11. The van der Waals surface area contributed by atoms with E-state index in [2.05, 4.69) is 5.73 Å². The van der Waals surface area contributed by atoms with Crippen molar-refractivity contribution in [3.05, 3.63) is 17.4 Å². The number of carbonyl (C=O) groups is 1. The number of rotatable bonds is 6. The molecule has 2 aliphatic heterocycles. The summed E-state index contributed by atoms with van der Waals surface area (Å²) < 4.78 is 22.2. The average molecular weight is 519 g/mol. The van der Waals surface area contributed by atoms with Crippen molar-refractivity contribution in [2.75, 3.05) is 13.2 Å². The van der Waals surface area contributed by atoms with Gasteiger partial charge in [-0.2, -0.15) is 0 Å². The van der Waals surface area contributed by atoms with Gasteiger partial charge in [-0.1, -0.05) is 13.8 Å². The summed E-state index contributed by atoms with van der Waals surface area (Å²) in [6.45, 7) is 6.02. The Bertz CT molecular complexity index is 830. The first-order valence-corrected chi connectivity index (χ1v) is 12.0. The van der Waals surface area contributed by atoms with Crippen LogP contribution in [0.1, 0.15) is 40.5 Å². The van der Waals surface area contributed by atoms with Gasteiger partial charge in [0.2, 0.25) is 0 Å². The van der Waals surface area contributed by atoms with E-state index >= 15 is 0 Å². The predicted octanol–water partition coefficient (Wildman–Crippen LogP) is -2.12. The number of aliphatic hydroxyl groups is 7. The highest BCUT2D eigenvalue weighted by atomic mass is 16.7. The fourth-order valence-corrected chi connectivity index (χ4v) is 5.11. The molecule has 0 aromatic heterocycles. The molecule has 11 atom stereocenters. The van der Waals surface area contributed by atoms with E-state index in [0.717, 1.165) is 0 Å². The number of hydrogen-bond donors (Lipinski definition) is 7. The van der Waals surface area contributed by atoms with Gasteiger partial charge in [0.15, 0.2) is 18.4 Å². The van der Waals surface area contributed by atoms with Crippen LogP contribution >= 0.6 is 0 Å². The molecule has 0 bridgehead atoms. The maximum Gasteiger partial charge on any atom is 0.186 e. The zero-order valence-electron chi connectivity index (χ0n) is 20.9. The van der Waals surface area contributed by atoms with Crippen molar-refractivity contribution < 1.29 is 59.5 Å². The number of hydrogen-bond acceptors (Lipinski definition) is 12. The molecule has 2 saturated heterocycles. The summed E-state index contributed by atoms with van der Waals surface area (Å²) in [5, 5.41) is 71.7. The molecule has 7 N–H and O–H groups in total. The maximum absolute atomic E-state index is 11.4. The Morgan fingerprint density at radius 1 is 1.00 bits per heavy atom. The van der Waals surface area contributed by atoms with Crippen LogP contribution in [0.5, 0.6) is 0 Å². The minimum absolute atomic E-state index is 0.0965. The third kappa shape index (κ3) is 6.41. The van der Waals surface area contributed by atoms with E-state index < -0.39 is 79.0 Å². The molecule has 0 radical (unpaired) electrons. The molecule has 2 heterocycles. The zero-order chi connectivity index (χ0) is 27.0. The molecule has 0 spiro atoms. The first kappa shape index (κ1) is 29.3. The molecule has 0 aromatic rings. The standard InChI is InChI=1S/C24H38O12/c1-11(25)5-6-15-23(2,3)7-12(8-24(15,4)32)35-22-20(31)18(29)17(28)14(36-22)10-34-21-19(30)16(27)13(26)9-33-21/h5,12-14,16-22,26-32H,7-10H2,1-4H3/t6?,12-,13+,14+,16-,17+,18-,19+,20+,21-,22+,24+/m0/s1. The van der Waals surface area contributed by atoms with Crippen LogP contribution in [0.2, 0.25) is 0 Å². The topological polar surface area (TPSA) is 196 Å². The van der Waals surface area contributed by atoms with Crippen LogP contribution in [0, 0.1) is 5.41 Å². The van der Waals surface area contributed by atoms with Crippen LogP contribution in [-0.2, 0) is 23.7 Å². The van der Waals surface area contributed by atoms with Crippen LogP contribution in [0.3, 0.4) is 0 Å². The van der Waals surface area contributed by atoms with E-state index in [0.29, 0.717) is 12.0 Å². The number of carbonyl (C=O) groups excluding carboxylic acids is 1. The van der Waals surface area contributed by atoms with E-state index in [1.54, 1.807) is 6.92 Å². The number of ether oxygens (including phenoxy) is 4. The molecule has 1 saturated carbocycles. The zero-order valence-corrected chi connectivity index (χ0v) is 20.9. The Morgan fingerprint density at radius 3 is 2.25 bits per heavy atom. The summed E-state index contributed by atoms with van der Waals surface area (Å²) >= 11 is 0. The molecule has 3 fully saturated rings. The van der Waals surface area contributed by atoms with Gasteiger partial charge in [0.05, 0.1) is 24.9 Å². The maximum atomic E-state index is 11.4. The lowest BCUT2D eigenvalue weighted by molar-refractivity contribution is -0.331. The van der Waals surface area contributed by atoms with Crippen molar-refractivity contribution in [1.82, 2.24) is 0 Å². The third-order valence-electron chi connectivity index (χ3n) is 6.87.